The molecule has 0 aliphatic rings. The second kappa shape index (κ2) is 8.64. The molecule has 0 saturated carbocycles. The summed E-state index contributed by atoms with van der Waals surface area (Å²) in [7, 11) is 0. The molecule has 15 heavy (non-hydrogen) atoms. The SMILES string of the molecule is [CH-]=CC=[C-]C/C=C\c1ccccc1N.[Y]. The van der Waals surface area contributed by atoms with E-state index in [4.69, 9.17) is 12.3 Å². The molecular weight excluding hydrogens is 259 g/mol. The van der Waals surface area contributed by atoms with Gasteiger partial charge in [0.05, 0.1) is 0 Å². The molecule has 0 atom stereocenters. The van der Waals surface area contributed by atoms with Gasteiger partial charge in [-0.2, -0.15) is 0 Å². The third-order valence-electron chi connectivity index (χ3n) is 1.74. The molecule has 0 saturated heterocycles. The zero-order valence-corrected chi connectivity index (χ0v) is 11.4. The van der Waals surface area contributed by atoms with Crippen LogP contribution in [-0.2, 0) is 32.7 Å². The number of rotatable bonds is 4. The molecular formula is C13H13NY-2. The van der Waals surface area contributed by atoms with Gasteiger partial charge in [-0.1, -0.05) is 30.4 Å². The van der Waals surface area contributed by atoms with E-state index in [1.165, 1.54) is 6.08 Å². The first-order chi connectivity index (χ1) is 6.84. The third-order valence-corrected chi connectivity index (χ3v) is 1.74. The van der Waals surface area contributed by atoms with Gasteiger partial charge in [-0.3, -0.25) is 0 Å². The van der Waals surface area contributed by atoms with E-state index in [-0.39, 0.29) is 32.7 Å². The van der Waals surface area contributed by atoms with Gasteiger partial charge < -0.3 is 30.5 Å². The van der Waals surface area contributed by atoms with E-state index < -0.39 is 0 Å². The van der Waals surface area contributed by atoms with Gasteiger partial charge in [0.15, 0.2) is 0 Å². The summed E-state index contributed by atoms with van der Waals surface area (Å²) in [5, 5.41) is 0. The van der Waals surface area contributed by atoms with Crippen LogP contribution in [0.2, 0.25) is 0 Å². The first kappa shape index (κ1) is 14.3. The van der Waals surface area contributed by atoms with Gasteiger partial charge in [0.25, 0.3) is 0 Å². The Bertz CT molecular complexity index is 353. The number of anilines is 1. The Hall–Kier alpha value is -0.656. The molecule has 2 N–H and O–H groups in total. The number of hydrogen-bond donors (Lipinski definition) is 1. The van der Waals surface area contributed by atoms with Crippen LogP contribution in [0, 0.1) is 12.7 Å². The van der Waals surface area contributed by atoms with Crippen molar-refractivity contribution in [3.8, 4) is 0 Å². The second-order valence-corrected chi connectivity index (χ2v) is 2.80. The average Bonchev–Trinajstić information content (AvgIpc) is 2.20. The molecule has 0 fully saturated rings. The van der Waals surface area contributed by atoms with Gasteiger partial charge in [-0.15, -0.1) is 6.42 Å². The van der Waals surface area contributed by atoms with E-state index in [2.05, 4.69) is 6.08 Å². The van der Waals surface area contributed by atoms with E-state index in [1.54, 1.807) is 6.08 Å². The summed E-state index contributed by atoms with van der Waals surface area (Å²) >= 11 is 0. The Morgan fingerprint density at radius 1 is 1.33 bits per heavy atom. The van der Waals surface area contributed by atoms with Crippen molar-refractivity contribution in [2.75, 3.05) is 5.73 Å². The van der Waals surface area contributed by atoms with Crippen molar-refractivity contribution in [2.24, 2.45) is 0 Å². The summed E-state index contributed by atoms with van der Waals surface area (Å²) in [6.45, 7) is 5.16. The summed E-state index contributed by atoms with van der Waals surface area (Å²) in [6.07, 6.45) is 10.9. The van der Waals surface area contributed by atoms with Gasteiger partial charge in [0, 0.05) is 38.4 Å². The maximum atomic E-state index is 5.76. The fourth-order valence-corrected chi connectivity index (χ4v) is 1.05. The standard InChI is InChI=1S/C13H13N.Y/c1-2-3-4-5-6-9-12-10-7-8-11-13(12)14;/h1-3,6-11H,5,14H2;/q-2;/b9-6-;. The molecule has 75 valence electrons. The predicted molar refractivity (Wildman–Crippen MR) is 61.2 cm³/mol. The Balaban J connectivity index is 0.00000196. The maximum Gasteiger partial charge on any atom is 0.0387 e. The first-order valence-corrected chi connectivity index (χ1v) is 4.46. The van der Waals surface area contributed by atoms with Crippen LogP contribution in [0.15, 0.2) is 42.5 Å². The molecule has 0 aromatic heterocycles. The quantitative estimate of drug-likeness (QED) is 0.509. The van der Waals surface area contributed by atoms with Crippen LogP contribution in [0.3, 0.4) is 0 Å². The molecule has 0 heterocycles. The van der Waals surface area contributed by atoms with E-state index in [1.807, 2.05) is 36.4 Å². The second-order valence-electron chi connectivity index (χ2n) is 2.80. The van der Waals surface area contributed by atoms with Crippen LogP contribution in [0.1, 0.15) is 12.0 Å². The maximum absolute atomic E-state index is 5.76. The van der Waals surface area contributed by atoms with Crippen LogP contribution >= 0.6 is 0 Å². The molecule has 0 unspecified atom stereocenters. The zero-order chi connectivity index (χ0) is 10.2. The van der Waals surface area contributed by atoms with Crippen LogP contribution in [0.4, 0.5) is 5.69 Å². The number of benzene rings is 1. The summed E-state index contributed by atoms with van der Waals surface area (Å²) in [4.78, 5) is 0. The predicted octanol–water partition coefficient (Wildman–Crippen LogP) is 3.02. The summed E-state index contributed by atoms with van der Waals surface area (Å²) in [6, 6.07) is 7.74. The molecule has 0 aliphatic heterocycles. The Morgan fingerprint density at radius 2 is 2.07 bits per heavy atom. The van der Waals surface area contributed by atoms with Crippen LogP contribution in [-0.4, -0.2) is 0 Å². The number of para-hydroxylation sites is 1. The average molecular weight is 272 g/mol. The fraction of sp³-hybridized carbons (Fsp3) is 0.0769. The molecule has 0 amide bonds. The smallest absolute Gasteiger partial charge is 0.0387 e. The number of nitrogens with two attached hydrogens (primary N) is 1. The molecule has 1 rings (SSSR count). The first-order valence-electron chi connectivity index (χ1n) is 4.46. The van der Waals surface area contributed by atoms with Crippen molar-refractivity contribution in [2.45, 2.75) is 6.42 Å². The molecule has 1 radical (unpaired) electrons. The molecule has 0 spiro atoms. The van der Waals surface area contributed by atoms with Crippen molar-refractivity contribution >= 4 is 11.8 Å². The molecule has 0 aliphatic carbocycles. The number of allylic oxidation sites excluding steroid dienone is 4. The van der Waals surface area contributed by atoms with Crippen molar-refractivity contribution in [1.29, 1.82) is 0 Å². The topological polar surface area (TPSA) is 26.0 Å². The van der Waals surface area contributed by atoms with Gasteiger partial charge >= 0.3 is 0 Å². The Kier molecular flexibility index (Phi) is 8.26. The monoisotopic (exact) mass is 272 g/mol. The summed E-state index contributed by atoms with van der Waals surface area (Å²) in [5.41, 5.74) is 7.58. The minimum absolute atomic E-state index is 0. The van der Waals surface area contributed by atoms with E-state index in [0.29, 0.717) is 0 Å². The summed E-state index contributed by atoms with van der Waals surface area (Å²) < 4.78 is 0. The molecule has 1 aromatic carbocycles. The normalized spacial score (nSPS) is 10.4. The third kappa shape index (κ3) is 5.71. The minimum atomic E-state index is 0. The fourth-order valence-electron chi connectivity index (χ4n) is 1.05. The molecule has 1 aromatic rings. The summed E-state index contributed by atoms with van der Waals surface area (Å²) in [5.74, 6) is 0. The minimum Gasteiger partial charge on any atom is -0.398 e. The molecule has 0 bridgehead atoms. The van der Waals surface area contributed by atoms with Gasteiger partial charge in [0.1, 0.15) is 0 Å². The van der Waals surface area contributed by atoms with Crippen LogP contribution in [0.25, 0.3) is 6.08 Å². The van der Waals surface area contributed by atoms with E-state index in [0.717, 1.165) is 17.7 Å². The van der Waals surface area contributed by atoms with E-state index in [9.17, 15) is 0 Å². The molecule has 1 nitrogen and oxygen atoms in total. The largest absolute Gasteiger partial charge is 0.398 e. The van der Waals surface area contributed by atoms with Crippen molar-refractivity contribution in [1.82, 2.24) is 0 Å². The van der Waals surface area contributed by atoms with E-state index >= 15 is 0 Å². The van der Waals surface area contributed by atoms with Crippen LogP contribution in [0.5, 0.6) is 0 Å². The zero-order valence-electron chi connectivity index (χ0n) is 8.56. The van der Waals surface area contributed by atoms with Gasteiger partial charge in [-0.25, -0.2) is 0 Å². The Morgan fingerprint density at radius 3 is 2.73 bits per heavy atom. The number of hydrogen-bond acceptors (Lipinski definition) is 1. The van der Waals surface area contributed by atoms with Gasteiger partial charge in [0.2, 0.25) is 0 Å². The number of nitrogen functional groups attached to an aromatic ring is 1. The van der Waals surface area contributed by atoms with Gasteiger partial charge in [-0.05, 0) is 11.6 Å². The Labute approximate surface area is 117 Å². The van der Waals surface area contributed by atoms with Crippen LogP contribution < -0.4 is 5.73 Å². The van der Waals surface area contributed by atoms with Crippen molar-refractivity contribution in [3.63, 3.8) is 0 Å². The van der Waals surface area contributed by atoms with Crippen molar-refractivity contribution in [3.05, 3.63) is 60.7 Å². The molecule has 2 heteroatoms. The van der Waals surface area contributed by atoms with Crippen molar-refractivity contribution < 1.29 is 32.7 Å².